The molecule has 0 saturated carbocycles. The van der Waals surface area contributed by atoms with Crippen molar-refractivity contribution in [1.29, 1.82) is 0 Å². The largest absolute Gasteiger partial charge is 0.508 e. The minimum Gasteiger partial charge on any atom is -0.508 e. The summed E-state index contributed by atoms with van der Waals surface area (Å²) in [5.41, 5.74) is 2.81. The van der Waals surface area contributed by atoms with E-state index in [2.05, 4.69) is 24.9 Å². The van der Waals surface area contributed by atoms with E-state index in [1.165, 1.54) is 30.5 Å². The second-order valence-electron chi connectivity index (χ2n) is 5.73. The van der Waals surface area contributed by atoms with Crippen LogP contribution < -0.4 is 0 Å². The summed E-state index contributed by atoms with van der Waals surface area (Å²) in [5, 5.41) is 9.64. The molecule has 0 radical (unpaired) electrons. The van der Waals surface area contributed by atoms with Crippen molar-refractivity contribution >= 4 is 0 Å². The second kappa shape index (κ2) is 4.02. The van der Waals surface area contributed by atoms with Gasteiger partial charge in [0.05, 0.1) is 0 Å². The predicted molar refractivity (Wildman–Crippen MR) is 69.4 cm³/mol. The number of piperidine rings is 1. The minimum atomic E-state index is 0.415. The lowest BCUT2D eigenvalue weighted by atomic mass is 9.69. The van der Waals surface area contributed by atoms with Crippen LogP contribution in [0.5, 0.6) is 5.75 Å². The van der Waals surface area contributed by atoms with Gasteiger partial charge in [-0.1, -0.05) is 13.0 Å². The van der Waals surface area contributed by atoms with E-state index in [1.54, 1.807) is 0 Å². The van der Waals surface area contributed by atoms with Crippen LogP contribution in [0.25, 0.3) is 0 Å². The molecular weight excluding hydrogens is 210 g/mol. The first kappa shape index (κ1) is 11.1. The van der Waals surface area contributed by atoms with E-state index in [1.807, 2.05) is 12.1 Å². The van der Waals surface area contributed by atoms with Crippen LogP contribution in [0.3, 0.4) is 0 Å². The van der Waals surface area contributed by atoms with E-state index >= 15 is 0 Å². The number of likely N-dealkylation sites (N-methyl/N-ethyl adjacent to an activating group) is 1. The smallest absolute Gasteiger partial charge is 0.115 e. The van der Waals surface area contributed by atoms with Gasteiger partial charge in [0.15, 0.2) is 0 Å². The number of hydrogen-bond acceptors (Lipinski definition) is 2. The van der Waals surface area contributed by atoms with E-state index in [9.17, 15) is 5.11 Å². The predicted octanol–water partition coefficient (Wildman–Crippen LogP) is 2.76. The van der Waals surface area contributed by atoms with Crippen molar-refractivity contribution in [3.8, 4) is 5.75 Å². The zero-order chi connectivity index (χ0) is 12.0. The number of fused-ring (bicyclic) bond motifs is 2. The van der Waals surface area contributed by atoms with Crippen molar-refractivity contribution in [2.75, 3.05) is 13.6 Å². The van der Waals surface area contributed by atoms with Crippen LogP contribution >= 0.6 is 0 Å². The van der Waals surface area contributed by atoms with Gasteiger partial charge < -0.3 is 10.0 Å². The lowest BCUT2D eigenvalue weighted by molar-refractivity contribution is 0.0965. The molecule has 0 bridgehead atoms. The highest BCUT2D eigenvalue weighted by atomic mass is 16.3. The number of aromatic hydroxyl groups is 1. The third-order valence-corrected chi connectivity index (χ3v) is 4.80. The molecule has 2 aliphatic rings. The summed E-state index contributed by atoms with van der Waals surface area (Å²) >= 11 is 0. The Labute approximate surface area is 103 Å². The summed E-state index contributed by atoms with van der Waals surface area (Å²) in [5.74, 6) is 1.76. The van der Waals surface area contributed by atoms with Gasteiger partial charge in [-0.15, -0.1) is 0 Å². The van der Waals surface area contributed by atoms with Crippen molar-refractivity contribution in [1.82, 2.24) is 4.90 Å². The summed E-state index contributed by atoms with van der Waals surface area (Å²) in [6.07, 6.45) is 3.81. The highest BCUT2D eigenvalue weighted by molar-refractivity contribution is 5.40. The Morgan fingerprint density at radius 1 is 1.35 bits per heavy atom. The van der Waals surface area contributed by atoms with Crippen molar-refractivity contribution in [2.24, 2.45) is 5.92 Å². The van der Waals surface area contributed by atoms with Gasteiger partial charge in [0.25, 0.3) is 0 Å². The van der Waals surface area contributed by atoms with Crippen LogP contribution in [0.4, 0.5) is 0 Å². The third-order valence-electron chi connectivity index (χ3n) is 4.80. The summed E-state index contributed by atoms with van der Waals surface area (Å²) < 4.78 is 0. The third kappa shape index (κ3) is 1.75. The molecule has 1 N–H and O–H groups in total. The summed E-state index contributed by atoms with van der Waals surface area (Å²) in [7, 11) is 2.26. The Balaban J connectivity index is 2.00. The van der Waals surface area contributed by atoms with Crippen LogP contribution in [-0.2, 0) is 6.42 Å². The maximum Gasteiger partial charge on any atom is 0.115 e. The number of nitrogens with zero attached hydrogens (tertiary/aromatic N) is 1. The first-order chi connectivity index (χ1) is 8.16. The summed E-state index contributed by atoms with van der Waals surface area (Å²) in [6, 6.07) is 6.62. The van der Waals surface area contributed by atoms with Crippen LogP contribution in [-0.4, -0.2) is 29.6 Å². The molecule has 17 heavy (non-hydrogen) atoms. The number of phenols is 1. The zero-order valence-corrected chi connectivity index (χ0v) is 10.7. The Bertz CT molecular complexity index is 429. The molecule has 1 aliphatic carbocycles. The topological polar surface area (TPSA) is 23.5 Å². The molecule has 2 heteroatoms. The number of rotatable bonds is 0. The van der Waals surface area contributed by atoms with Crippen molar-refractivity contribution < 1.29 is 5.11 Å². The van der Waals surface area contributed by atoms with Gasteiger partial charge in [0.2, 0.25) is 0 Å². The van der Waals surface area contributed by atoms with E-state index in [0.29, 0.717) is 17.7 Å². The van der Waals surface area contributed by atoms with Crippen LogP contribution in [0.1, 0.15) is 36.8 Å². The van der Waals surface area contributed by atoms with E-state index in [-0.39, 0.29) is 0 Å². The first-order valence-electron chi connectivity index (χ1n) is 6.69. The SMILES string of the molecule is CC1c2cc(O)ccc2CC2C1CCCN2C. The van der Waals surface area contributed by atoms with Crippen LogP contribution in [0, 0.1) is 5.92 Å². The fraction of sp³-hybridized carbons (Fsp3) is 0.600. The molecule has 1 heterocycles. The zero-order valence-electron chi connectivity index (χ0n) is 10.7. The van der Waals surface area contributed by atoms with Gasteiger partial charge in [-0.3, -0.25) is 0 Å². The highest BCUT2D eigenvalue weighted by Crippen LogP contribution is 2.43. The Kier molecular flexibility index (Phi) is 2.62. The van der Waals surface area contributed by atoms with Crippen molar-refractivity contribution in [2.45, 2.75) is 38.1 Å². The molecule has 0 amide bonds. The number of phenolic OH excluding ortho intramolecular Hbond substituents is 1. The molecule has 3 atom stereocenters. The highest BCUT2D eigenvalue weighted by Gasteiger charge is 2.38. The lowest BCUT2D eigenvalue weighted by Crippen LogP contribution is -2.48. The average Bonchev–Trinajstić information content (AvgIpc) is 2.32. The van der Waals surface area contributed by atoms with Gasteiger partial charge in [-0.2, -0.15) is 0 Å². The molecule has 1 aromatic rings. The molecule has 0 spiro atoms. The normalized spacial score (nSPS) is 32.9. The lowest BCUT2D eigenvalue weighted by Gasteiger charge is -2.46. The molecule has 92 valence electrons. The Hall–Kier alpha value is -1.02. The second-order valence-corrected chi connectivity index (χ2v) is 5.73. The Morgan fingerprint density at radius 3 is 3.00 bits per heavy atom. The molecule has 1 aromatic carbocycles. The number of hydrogen-bond donors (Lipinski definition) is 1. The summed E-state index contributed by atoms with van der Waals surface area (Å²) in [4.78, 5) is 2.53. The molecule has 1 fully saturated rings. The minimum absolute atomic E-state index is 0.415. The Morgan fingerprint density at radius 2 is 2.18 bits per heavy atom. The van der Waals surface area contributed by atoms with E-state index in [0.717, 1.165) is 12.3 Å². The molecule has 3 unspecified atom stereocenters. The van der Waals surface area contributed by atoms with Crippen molar-refractivity contribution in [3.63, 3.8) is 0 Å². The van der Waals surface area contributed by atoms with Gasteiger partial charge in [-0.05, 0) is 68.0 Å². The van der Waals surface area contributed by atoms with Crippen LogP contribution in [0.2, 0.25) is 0 Å². The first-order valence-corrected chi connectivity index (χ1v) is 6.69. The average molecular weight is 231 g/mol. The monoisotopic (exact) mass is 231 g/mol. The van der Waals surface area contributed by atoms with E-state index < -0.39 is 0 Å². The number of likely N-dealkylation sites (tertiary alicyclic amines) is 1. The van der Waals surface area contributed by atoms with Gasteiger partial charge in [-0.25, -0.2) is 0 Å². The van der Waals surface area contributed by atoms with Gasteiger partial charge in [0.1, 0.15) is 5.75 Å². The molecule has 3 rings (SSSR count). The fourth-order valence-electron chi connectivity index (χ4n) is 3.80. The standard InChI is InChI=1S/C15H21NO/c1-10-13-4-3-7-16(2)15(13)8-11-5-6-12(17)9-14(10)11/h5-6,9-10,13,15,17H,3-4,7-8H2,1-2H3. The molecular formula is C15H21NO. The van der Waals surface area contributed by atoms with E-state index in [4.69, 9.17) is 0 Å². The number of benzene rings is 1. The van der Waals surface area contributed by atoms with Crippen molar-refractivity contribution in [3.05, 3.63) is 29.3 Å². The fourth-order valence-corrected chi connectivity index (χ4v) is 3.80. The van der Waals surface area contributed by atoms with Gasteiger partial charge >= 0.3 is 0 Å². The maximum atomic E-state index is 9.64. The van der Waals surface area contributed by atoms with Crippen LogP contribution in [0.15, 0.2) is 18.2 Å². The molecule has 0 aromatic heterocycles. The summed E-state index contributed by atoms with van der Waals surface area (Å²) in [6.45, 7) is 3.57. The van der Waals surface area contributed by atoms with Gasteiger partial charge in [0, 0.05) is 6.04 Å². The molecule has 1 saturated heterocycles. The molecule has 1 aliphatic heterocycles. The molecule has 2 nitrogen and oxygen atoms in total. The maximum absolute atomic E-state index is 9.64. The quantitative estimate of drug-likeness (QED) is 0.742.